The molecule has 19 heavy (non-hydrogen) atoms. The fourth-order valence-corrected chi connectivity index (χ4v) is 2.10. The van der Waals surface area contributed by atoms with Crippen molar-refractivity contribution in [1.82, 2.24) is 4.98 Å². The number of rotatable bonds is 1. The normalized spacial score (nSPS) is 11.1. The van der Waals surface area contributed by atoms with Crippen LogP contribution in [0.15, 0.2) is 34.7 Å². The van der Waals surface area contributed by atoms with Crippen LogP contribution in [0.25, 0.3) is 22.6 Å². The SMILES string of the molecule is Cc1c(N)cc(C)c2oc(-c3ccc(F)cc3)nc12. The van der Waals surface area contributed by atoms with E-state index >= 15 is 0 Å². The number of nitrogen functional groups attached to an aromatic ring is 1. The summed E-state index contributed by atoms with van der Waals surface area (Å²) in [6.45, 7) is 3.84. The molecule has 0 saturated carbocycles. The topological polar surface area (TPSA) is 52.0 Å². The van der Waals surface area contributed by atoms with E-state index in [1.807, 2.05) is 19.9 Å². The third kappa shape index (κ3) is 1.85. The summed E-state index contributed by atoms with van der Waals surface area (Å²) >= 11 is 0. The molecule has 0 fully saturated rings. The molecule has 0 radical (unpaired) electrons. The van der Waals surface area contributed by atoms with Crippen LogP contribution < -0.4 is 5.73 Å². The van der Waals surface area contributed by atoms with Crippen LogP contribution in [-0.2, 0) is 0 Å². The van der Waals surface area contributed by atoms with E-state index in [1.165, 1.54) is 12.1 Å². The van der Waals surface area contributed by atoms with Crippen molar-refractivity contribution in [2.45, 2.75) is 13.8 Å². The van der Waals surface area contributed by atoms with Crippen LogP contribution in [0.5, 0.6) is 0 Å². The zero-order chi connectivity index (χ0) is 13.6. The average molecular weight is 256 g/mol. The lowest BCUT2D eigenvalue weighted by atomic mass is 10.1. The minimum absolute atomic E-state index is 0.281. The van der Waals surface area contributed by atoms with Crippen molar-refractivity contribution in [3.05, 3.63) is 47.3 Å². The summed E-state index contributed by atoms with van der Waals surface area (Å²) in [6, 6.07) is 7.94. The Balaban J connectivity index is 2.24. The highest BCUT2D eigenvalue weighted by Crippen LogP contribution is 2.31. The van der Waals surface area contributed by atoms with Crippen LogP contribution in [0.2, 0.25) is 0 Å². The molecule has 0 aliphatic heterocycles. The van der Waals surface area contributed by atoms with Gasteiger partial charge in [0.05, 0.1) is 0 Å². The fraction of sp³-hybridized carbons (Fsp3) is 0.133. The Kier molecular flexibility index (Phi) is 2.52. The highest BCUT2D eigenvalue weighted by atomic mass is 19.1. The molecule has 0 aliphatic carbocycles. The Bertz CT molecular complexity index is 760. The van der Waals surface area contributed by atoms with Gasteiger partial charge in [0.15, 0.2) is 5.58 Å². The highest BCUT2D eigenvalue weighted by molar-refractivity contribution is 5.86. The van der Waals surface area contributed by atoms with Gasteiger partial charge in [-0.05, 0) is 49.7 Å². The highest BCUT2D eigenvalue weighted by Gasteiger charge is 2.14. The first-order valence-corrected chi connectivity index (χ1v) is 5.98. The van der Waals surface area contributed by atoms with Gasteiger partial charge in [0.2, 0.25) is 5.89 Å². The number of hydrogen-bond donors (Lipinski definition) is 1. The van der Waals surface area contributed by atoms with Crippen LogP contribution in [-0.4, -0.2) is 4.98 Å². The Morgan fingerprint density at radius 2 is 1.84 bits per heavy atom. The molecule has 3 nitrogen and oxygen atoms in total. The zero-order valence-electron chi connectivity index (χ0n) is 10.7. The molecule has 96 valence electrons. The fourth-order valence-electron chi connectivity index (χ4n) is 2.10. The summed E-state index contributed by atoms with van der Waals surface area (Å²) in [5, 5.41) is 0. The Hall–Kier alpha value is -2.36. The molecule has 0 bridgehead atoms. The predicted octanol–water partition coefficient (Wildman–Crippen LogP) is 3.83. The van der Waals surface area contributed by atoms with E-state index < -0.39 is 0 Å². The Morgan fingerprint density at radius 3 is 2.53 bits per heavy atom. The first kappa shape index (κ1) is 11.7. The van der Waals surface area contributed by atoms with Crippen LogP contribution in [0.3, 0.4) is 0 Å². The van der Waals surface area contributed by atoms with Crippen molar-refractivity contribution >= 4 is 16.8 Å². The lowest BCUT2D eigenvalue weighted by Crippen LogP contribution is -1.91. The molecular formula is C15H13FN2O. The second kappa shape index (κ2) is 4.09. The lowest BCUT2D eigenvalue weighted by molar-refractivity contribution is 0.614. The van der Waals surface area contributed by atoms with Gasteiger partial charge in [-0.3, -0.25) is 0 Å². The molecule has 0 atom stereocenters. The van der Waals surface area contributed by atoms with E-state index in [9.17, 15) is 4.39 Å². The number of nitrogens with two attached hydrogens (primary N) is 1. The van der Waals surface area contributed by atoms with Gasteiger partial charge in [-0.2, -0.15) is 0 Å². The molecule has 0 amide bonds. The molecule has 2 aromatic carbocycles. The summed E-state index contributed by atoms with van der Waals surface area (Å²) < 4.78 is 18.7. The van der Waals surface area contributed by atoms with Crippen molar-refractivity contribution in [1.29, 1.82) is 0 Å². The number of aromatic nitrogens is 1. The lowest BCUT2D eigenvalue weighted by Gasteiger charge is -2.01. The molecular weight excluding hydrogens is 243 g/mol. The van der Waals surface area contributed by atoms with E-state index in [2.05, 4.69) is 4.98 Å². The number of oxazole rings is 1. The second-order valence-electron chi connectivity index (χ2n) is 4.61. The van der Waals surface area contributed by atoms with E-state index in [0.717, 1.165) is 27.8 Å². The maximum atomic E-state index is 12.9. The van der Waals surface area contributed by atoms with Crippen molar-refractivity contribution in [2.75, 3.05) is 5.73 Å². The maximum absolute atomic E-state index is 12.9. The smallest absolute Gasteiger partial charge is 0.227 e. The summed E-state index contributed by atoms with van der Waals surface area (Å²) in [5.41, 5.74) is 10.7. The summed E-state index contributed by atoms with van der Waals surface area (Å²) in [6.07, 6.45) is 0. The van der Waals surface area contributed by atoms with E-state index in [-0.39, 0.29) is 5.82 Å². The second-order valence-corrected chi connectivity index (χ2v) is 4.61. The average Bonchev–Trinajstić information content (AvgIpc) is 2.83. The molecule has 3 rings (SSSR count). The monoisotopic (exact) mass is 256 g/mol. The number of aryl methyl sites for hydroxylation is 2. The molecule has 2 N–H and O–H groups in total. The van der Waals surface area contributed by atoms with Gasteiger partial charge < -0.3 is 10.2 Å². The van der Waals surface area contributed by atoms with Crippen LogP contribution in [0, 0.1) is 19.7 Å². The molecule has 3 aromatic rings. The van der Waals surface area contributed by atoms with Gasteiger partial charge in [0, 0.05) is 16.8 Å². The first-order valence-electron chi connectivity index (χ1n) is 5.98. The number of benzene rings is 2. The van der Waals surface area contributed by atoms with Crippen molar-refractivity contribution < 1.29 is 8.81 Å². The number of anilines is 1. The molecule has 0 saturated heterocycles. The third-order valence-corrected chi connectivity index (χ3v) is 3.24. The van der Waals surface area contributed by atoms with Gasteiger partial charge in [0.25, 0.3) is 0 Å². The van der Waals surface area contributed by atoms with E-state index in [4.69, 9.17) is 10.2 Å². The number of hydrogen-bond acceptors (Lipinski definition) is 3. The van der Waals surface area contributed by atoms with Crippen LogP contribution in [0.4, 0.5) is 10.1 Å². The molecule has 1 aromatic heterocycles. The van der Waals surface area contributed by atoms with Gasteiger partial charge in [-0.25, -0.2) is 9.37 Å². The Morgan fingerprint density at radius 1 is 1.16 bits per heavy atom. The maximum Gasteiger partial charge on any atom is 0.227 e. The molecule has 4 heteroatoms. The Labute approximate surface area is 109 Å². The predicted molar refractivity (Wildman–Crippen MR) is 73.3 cm³/mol. The van der Waals surface area contributed by atoms with Crippen molar-refractivity contribution in [2.24, 2.45) is 0 Å². The van der Waals surface area contributed by atoms with Gasteiger partial charge >= 0.3 is 0 Å². The summed E-state index contributed by atoms with van der Waals surface area (Å²) in [4.78, 5) is 4.46. The molecule has 0 spiro atoms. The number of fused-ring (bicyclic) bond motifs is 1. The third-order valence-electron chi connectivity index (χ3n) is 3.24. The van der Waals surface area contributed by atoms with Crippen LogP contribution in [0.1, 0.15) is 11.1 Å². The van der Waals surface area contributed by atoms with Gasteiger partial charge in [-0.1, -0.05) is 0 Å². The summed E-state index contributed by atoms with van der Waals surface area (Å²) in [5.74, 6) is 0.197. The first-order chi connectivity index (χ1) is 9.06. The number of halogens is 1. The minimum atomic E-state index is -0.281. The minimum Gasteiger partial charge on any atom is -0.436 e. The zero-order valence-corrected chi connectivity index (χ0v) is 10.7. The molecule has 0 unspecified atom stereocenters. The van der Waals surface area contributed by atoms with Crippen molar-refractivity contribution in [3.63, 3.8) is 0 Å². The van der Waals surface area contributed by atoms with E-state index in [1.54, 1.807) is 12.1 Å². The van der Waals surface area contributed by atoms with E-state index in [0.29, 0.717) is 11.6 Å². The van der Waals surface area contributed by atoms with Gasteiger partial charge in [-0.15, -0.1) is 0 Å². The number of nitrogens with zero attached hydrogens (tertiary/aromatic N) is 1. The standard InChI is InChI=1S/C15H13FN2O/c1-8-7-12(17)9(2)13-14(8)19-15(18-13)10-3-5-11(16)6-4-10/h3-7H,17H2,1-2H3. The largest absolute Gasteiger partial charge is 0.436 e. The van der Waals surface area contributed by atoms with Gasteiger partial charge in [0.1, 0.15) is 11.3 Å². The molecule has 0 aliphatic rings. The van der Waals surface area contributed by atoms with Crippen LogP contribution >= 0.6 is 0 Å². The molecule has 1 heterocycles. The summed E-state index contributed by atoms with van der Waals surface area (Å²) in [7, 11) is 0. The quantitative estimate of drug-likeness (QED) is 0.673. The van der Waals surface area contributed by atoms with Crippen molar-refractivity contribution in [3.8, 4) is 11.5 Å².